The molecule has 0 unspecified atom stereocenters. The summed E-state index contributed by atoms with van der Waals surface area (Å²) in [6.07, 6.45) is 1.26. The van der Waals surface area contributed by atoms with Gasteiger partial charge in [0.15, 0.2) is 5.69 Å². The van der Waals surface area contributed by atoms with Crippen molar-refractivity contribution in [1.29, 1.82) is 0 Å². The maximum absolute atomic E-state index is 13.6. The zero-order valence-corrected chi connectivity index (χ0v) is 19.0. The second-order valence-electron chi connectivity index (χ2n) is 7.74. The third kappa shape index (κ3) is 5.91. The molecule has 0 atom stereocenters. The molecule has 0 fully saturated rings. The number of amides is 1. The molecular formula is C23H25FN6O5. The SMILES string of the molecule is CCCCN(C(=O)CNc1ccc(F)c([N+](=O)[O-])c1)c1c(N)n(Cc2ccccc2)c(=O)[nH]c1=O. The maximum Gasteiger partial charge on any atom is 0.330 e. The van der Waals surface area contributed by atoms with E-state index in [9.17, 15) is 28.9 Å². The van der Waals surface area contributed by atoms with Gasteiger partial charge in [-0.1, -0.05) is 43.7 Å². The zero-order chi connectivity index (χ0) is 25.5. The van der Waals surface area contributed by atoms with Gasteiger partial charge in [0.25, 0.3) is 5.56 Å². The van der Waals surface area contributed by atoms with Crippen molar-refractivity contribution in [2.75, 3.05) is 29.0 Å². The Morgan fingerprint density at radius 3 is 2.60 bits per heavy atom. The number of nitro groups is 1. The Hall–Kier alpha value is -4.48. The summed E-state index contributed by atoms with van der Waals surface area (Å²) in [5, 5.41) is 13.7. The first-order chi connectivity index (χ1) is 16.7. The fraction of sp³-hybridized carbons (Fsp3) is 0.261. The zero-order valence-electron chi connectivity index (χ0n) is 19.0. The molecule has 0 saturated carbocycles. The average Bonchev–Trinajstić information content (AvgIpc) is 2.83. The van der Waals surface area contributed by atoms with E-state index in [1.807, 2.05) is 13.0 Å². The van der Waals surface area contributed by atoms with Crippen molar-refractivity contribution in [2.45, 2.75) is 26.3 Å². The molecule has 2 aromatic carbocycles. The number of hydrogen-bond acceptors (Lipinski definition) is 7. The lowest BCUT2D eigenvalue weighted by Crippen LogP contribution is -2.43. The second-order valence-corrected chi connectivity index (χ2v) is 7.74. The Labute approximate surface area is 199 Å². The first kappa shape index (κ1) is 25.1. The van der Waals surface area contributed by atoms with Crippen molar-refractivity contribution in [3.8, 4) is 0 Å². The number of hydrogen-bond donors (Lipinski definition) is 3. The van der Waals surface area contributed by atoms with Gasteiger partial charge in [-0.2, -0.15) is 4.39 Å². The van der Waals surface area contributed by atoms with E-state index < -0.39 is 33.6 Å². The van der Waals surface area contributed by atoms with E-state index in [2.05, 4.69) is 10.3 Å². The van der Waals surface area contributed by atoms with Crippen LogP contribution in [0.2, 0.25) is 0 Å². The summed E-state index contributed by atoms with van der Waals surface area (Å²) in [6.45, 7) is 1.78. The number of nitrogen functional groups attached to an aromatic ring is 1. The summed E-state index contributed by atoms with van der Waals surface area (Å²) in [6, 6.07) is 12.2. The van der Waals surface area contributed by atoms with Gasteiger partial charge in [-0.05, 0) is 24.1 Å². The number of aromatic nitrogens is 2. The number of benzene rings is 2. The van der Waals surface area contributed by atoms with E-state index in [0.29, 0.717) is 12.8 Å². The Balaban J connectivity index is 1.92. The lowest BCUT2D eigenvalue weighted by molar-refractivity contribution is -0.387. The molecule has 0 aliphatic rings. The highest BCUT2D eigenvalue weighted by atomic mass is 19.1. The van der Waals surface area contributed by atoms with Crippen molar-refractivity contribution in [1.82, 2.24) is 9.55 Å². The van der Waals surface area contributed by atoms with Crippen LogP contribution in [-0.2, 0) is 11.3 Å². The van der Waals surface area contributed by atoms with Gasteiger partial charge < -0.3 is 16.0 Å². The van der Waals surface area contributed by atoms with Crippen molar-refractivity contribution >= 4 is 28.8 Å². The Morgan fingerprint density at radius 1 is 1.23 bits per heavy atom. The van der Waals surface area contributed by atoms with E-state index in [1.54, 1.807) is 24.3 Å². The molecule has 0 radical (unpaired) electrons. The minimum atomic E-state index is -1.00. The molecule has 35 heavy (non-hydrogen) atoms. The summed E-state index contributed by atoms with van der Waals surface area (Å²) >= 11 is 0. The average molecular weight is 484 g/mol. The number of nitrogens with two attached hydrogens (primary N) is 1. The lowest BCUT2D eigenvalue weighted by atomic mass is 10.2. The van der Waals surface area contributed by atoms with E-state index in [4.69, 9.17) is 5.73 Å². The molecule has 0 bridgehead atoms. The molecule has 3 rings (SSSR count). The fourth-order valence-corrected chi connectivity index (χ4v) is 3.47. The van der Waals surface area contributed by atoms with Crippen molar-refractivity contribution in [3.05, 3.63) is 90.9 Å². The molecule has 11 nitrogen and oxygen atoms in total. The van der Waals surface area contributed by atoms with Crippen LogP contribution in [0.1, 0.15) is 25.3 Å². The molecule has 1 aromatic heterocycles. The summed E-state index contributed by atoms with van der Waals surface area (Å²) < 4.78 is 14.8. The van der Waals surface area contributed by atoms with Crippen LogP contribution in [0.4, 0.5) is 27.3 Å². The summed E-state index contributed by atoms with van der Waals surface area (Å²) in [7, 11) is 0. The standard InChI is InChI=1S/C23H25FN6O5/c1-2-3-11-28(19(31)13-26-16-9-10-17(24)18(12-16)30(34)35)20-21(25)29(23(33)27-22(20)32)14-15-7-5-4-6-8-15/h4-10,12,26H,2-3,11,13-14,25H2,1H3,(H,27,32,33). The van der Waals surface area contributed by atoms with Gasteiger partial charge >= 0.3 is 11.4 Å². The molecule has 4 N–H and O–H groups in total. The number of anilines is 3. The van der Waals surface area contributed by atoms with Gasteiger partial charge in [-0.3, -0.25) is 29.3 Å². The van der Waals surface area contributed by atoms with Crippen LogP contribution >= 0.6 is 0 Å². The van der Waals surface area contributed by atoms with E-state index in [1.165, 1.54) is 15.5 Å². The van der Waals surface area contributed by atoms with Crippen molar-refractivity contribution in [2.24, 2.45) is 0 Å². The number of unbranched alkanes of at least 4 members (excludes halogenated alkanes) is 1. The third-order valence-electron chi connectivity index (χ3n) is 5.29. The Bertz CT molecular complexity index is 1340. The second kappa shape index (κ2) is 11.1. The number of nitrogens with one attached hydrogen (secondary N) is 2. The molecule has 3 aromatic rings. The van der Waals surface area contributed by atoms with Crippen LogP contribution in [0.5, 0.6) is 0 Å². The fourth-order valence-electron chi connectivity index (χ4n) is 3.47. The summed E-state index contributed by atoms with van der Waals surface area (Å²) in [4.78, 5) is 51.8. The quantitative estimate of drug-likeness (QED) is 0.295. The number of nitro benzene ring substituents is 1. The van der Waals surface area contributed by atoms with Crippen LogP contribution in [0, 0.1) is 15.9 Å². The highest BCUT2D eigenvalue weighted by molar-refractivity contribution is 5.98. The van der Waals surface area contributed by atoms with Crippen molar-refractivity contribution in [3.63, 3.8) is 0 Å². The Morgan fingerprint density at radius 2 is 1.94 bits per heavy atom. The van der Waals surface area contributed by atoms with Crippen LogP contribution in [0.15, 0.2) is 58.1 Å². The molecule has 0 saturated heterocycles. The van der Waals surface area contributed by atoms with Gasteiger partial charge in [0, 0.05) is 18.3 Å². The number of nitrogens with zero attached hydrogens (tertiary/aromatic N) is 3. The Kier molecular flexibility index (Phi) is 7.97. The normalized spacial score (nSPS) is 10.7. The molecule has 0 spiro atoms. The number of halogens is 1. The smallest absolute Gasteiger partial charge is 0.330 e. The predicted octanol–water partition coefficient (Wildman–Crippen LogP) is 2.46. The van der Waals surface area contributed by atoms with Gasteiger partial charge in [0.2, 0.25) is 11.7 Å². The summed E-state index contributed by atoms with van der Waals surface area (Å²) in [5.74, 6) is -1.73. The van der Waals surface area contributed by atoms with Crippen LogP contribution in [-0.4, -0.2) is 33.5 Å². The molecule has 1 heterocycles. The monoisotopic (exact) mass is 484 g/mol. The molecular weight excluding hydrogens is 459 g/mol. The van der Waals surface area contributed by atoms with Gasteiger partial charge in [-0.25, -0.2) is 4.79 Å². The maximum atomic E-state index is 13.6. The molecule has 0 aliphatic carbocycles. The van der Waals surface area contributed by atoms with Gasteiger partial charge in [0.1, 0.15) is 5.82 Å². The molecule has 1 amide bonds. The topological polar surface area (TPSA) is 156 Å². The van der Waals surface area contributed by atoms with Gasteiger partial charge in [-0.15, -0.1) is 0 Å². The van der Waals surface area contributed by atoms with E-state index in [0.717, 1.165) is 17.7 Å². The van der Waals surface area contributed by atoms with Crippen LogP contribution in [0.3, 0.4) is 0 Å². The summed E-state index contributed by atoms with van der Waals surface area (Å²) in [5.41, 5.74) is 4.74. The number of H-pyrrole nitrogens is 1. The van der Waals surface area contributed by atoms with E-state index in [-0.39, 0.29) is 36.8 Å². The van der Waals surface area contributed by atoms with Crippen molar-refractivity contribution < 1.29 is 14.1 Å². The minimum Gasteiger partial charge on any atom is -0.383 e. The predicted molar refractivity (Wildman–Crippen MR) is 130 cm³/mol. The first-order valence-electron chi connectivity index (χ1n) is 10.9. The number of rotatable bonds is 10. The third-order valence-corrected chi connectivity index (χ3v) is 5.29. The minimum absolute atomic E-state index is 0.0859. The number of aromatic amines is 1. The van der Waals surface area contributed by atoms with Crippen LogP contribution in [0.25, 0.3) is 0 Å². The van der Waals surface area contributed by atoms with Crippen LogP contribution < -0.4 is 27.2 Å². The van der Waals surface area contributed by atoms with E-state index >= 15 is 0 Å². The first-order valence-corrected chi connectivity index (χ1v) is 10.9. The van der Waals surface area contributed by atoms with Gasteiger partial charge in [0.05, 0.1) is 18.0 Å². The highest BCUT2D eigenvalue weighted by Gasteiger charge is 2.24. The highest BCUT2D eigenvalue weighted by Crippen LogP contribution is 2.22. The number of carbonyl (C=O) groups is 1. The molecule has 184 valence electrons. The molecule has 12 heteroatoms. The number of carbonyl (C=O) groups excluding carboxylic acids is 1. The largest absolute Gasteiger partial charge is 0.383 e. The molecule has 0 aliphatic heterocycles. The lowest BCUT2D eigenvalue weighted by Gasteiger charge is -2.25.